The molecule has 0 radical (unpaired) electrons. The van der Waals surface area contributed by atoms with E-state index < -0.39 is 5.79 Å². The normalized spacial score (nSPS) is 19.0. The van der Waals surface area contributed by atoms with Gasteiger partial charge in [-0.05, 0) is 30.0 Å². The molecule has 2 aliphatic rings. The Morgan fingerprint density at radius 2 is 1.81 bits per heavy atom. The van der Waals surface area contributed by atoms with Crippen LogP contribution in [0.2, 0.25) is 0 Å². The third-order valence-corrected chi connectivity index (χ3v) is 7.14. The minimum Gasteiger partial charge on any atom is -0.361 e. The van der Waals surface area contributed by atoms with Crippen molar-refractivity contribution < 1.29 is 14.3 Å². The molecular formula is C27H32N2O3. The highest BCUT2D eigenvalue weighted by molar-refractivity contribution is 5.88. The number of hydrogen-bond acceptors (Lipinski definition) is 3. The number of likely N-dealkylation sites (tertiary alicyclic amines) is 1. The fourth-order valence-electron chi connectivity index (χ4n) is 5.21. The molecule has 0 unspecified atom stereocenters. The summed E-state index contributed by atoms with van der Waals surface area (Å²) in [6, 6.07) is 15.1. The van der Waals surface area contributed by atoms with E-state index in [0.717, 1.165) is 19.3 Å². The van der Waals surface area contributed by atoms with Gasteiger partial charge < -0.3 is 19.4 Å². The predicted molar refractivity (Wildman–Crippen MR) is 126 cm³/mol. The van der Waals surface area contributed by atoms with E-state index in [2.05, 4.69) is 67.5 Å². The van der Waals surface area contributed by atoms with Crippen LogP contribution in [0.1, 0.15) is 54.4 Å². The van der Waals surface area contributed by atoms with Crippen molar-refractivity contribution in [3.05, 3.63) is 70.9 Å². The van der Waals surface area contributed by atoms with Crippen LogP contribution < -0.4 is 0 Å². The lowest BCUT2D eigenvalue weighted by molar-refractivity contribution is -0.187. The second kappa shape index (κ2) is 8.72. The van der Waals surface area contributed by atoms with Gasteiger partial charge in [0.25, 0.3) is 0 Å². The van der Waals surface area contributed by atoms with Crippen LogP contribution in [0.4, 0.5) is 0 Å². The number of nitrogens with one attached hydrogen (secondary N) is 1. The maximum Gasteiger partial charge on any atom is 0.223 e. The highest BCUT2D eigenvalue weighted by Crippen LogP contribution is 2.36. The van der Waals surface area contributed by atoms with Crippen LogP contribution in [-0.4, -0.2) is 47.9 Å². The van der Waals surface area contributed by atoms with Gasteiger partial charge in [0.2, 0.25) is 5.91 Å². The smallest absolute Gasteiger partial charge is 0.223 e. The summed E-state index contributed by atoms with van der Waals surface area (Å²) in [6.45, 7) is 6.96. The number of para-hydroxylation sites is 1. The molecule has 2 aliphatic heterocycles. The van der Waals surface area contributed by atoms with Gasteiger partial charge in [-0.1, -0.05) is 55.0 Å². The first-order valence-corrected chi connectivity index (χ1v) is 11.8. The summed E-state index contributed by atoms with van der Waals surface area (Å²) in [5.41, 5.74) is 6.10. The molecule has 5 heteroatoms. The van der Waals surface area contributed by atoms with Gasteiger partial charge >= 0.3 is 0 Å². The monoisotopic (exact) mass is 432 g/mol. The number of ether oxygens (including phenoxy) is 2. The van der Waals surface area contributed by atoms with E-state index in [1.807, 2.05) is 4.90 Å². The number of aromatic nitrogens is 1. The van der Waals surface area contributed by atoms with Crippen LogP contribution in [0.3, 0.4) is 0 Å². The highest BCUT2D eigenvalue weighted by Gasteiger charge is 2.41. The molecular weight excluding hydrogens is 400 g/mol. The first kappa shape index (κ1) is 21.2. The van der Waals surface area contributed by atoms with Crippen molar-refractivity contribution >= 4 is 16.8 Å². The zero-order valence-corrected chi connectivity index (χ0v) is 19.0. The number of H-pyrrole nitrogens is 1. The van der Waals surface area contributed by atoms with Crippen LogP contribution in [0.25, 0.3) is 10.9 Å². The molecule has 0 saturated carbocycles. The van der Waals surface area contributed by atoms with Crippen LogP contribution in [0, 0.1) is 6.92 Å². The fraction of sp³-hybridized carbons (Fsp3) is 0.444. The van der Waals surface area contributed by atoms with E-state index in [1.54, 1.807) is 0 Å². The summed E-state index contributed by atoms with van der Waals surface area (Å²) in [5, 5.41) is 1.22. The molecule has 3 heterocycles. The second-order valence-corrected chi connectivity index (χ2v) is 9.09. The van der Waals surface area contributed by atoms with Gasteiger partial charge in [-0.3, -0.25) is 4.79 Å². The molecule has 1 amide bonds. The number of aromatic amines is 1. The lowest BCUT2D eigenvalue weighted by Gasteiger charge is -2.38. The van der Waals surface area contributed by atoms with Crippen molar-refractivity contribution in [2.24, 2.45) is 0 Å². The van der Waals surface area contributed by atoms with E-state index in [1.165, 1.54) is 33.2 Å². The number of benzene rings is 2. The molecule has 32 heavy (non-hydrogen) atoms. The molecule has 3 aromatic rings. The Morgan fingerprint density at radius 3 is 2.50 bits per heavy atom. The summed E-state index contributed by atoms with van der Waals surface area (Å²) < 4.78 is 11.7. The molecule has 5 nitrogen and oxygen atoms in total. The Balaban J connectivity index is 1.42. The van der Waals surface area contributed by atoms with Crippen molar-refractivity contribution in [1.29, 1.82) is 0 Å². The molecule has 2 fully saturated rings. The number of piperidine rings is 1. The fourth-order valence-corrected chi connectivity index (χ4v) is 5.21. The molecule has 5 rings (SSSR count). The zero-order chi connectivity index (χ0) is 22.1. The standard InChI is InChI=1S/C27H32N2O3/c1-3-20-5-4-6-22-24(18-28-26(20)22)23(21-9-7-19(2)8-10-21)17-25(30)29-13-11-27(12-14-29)31-15-16-32-27/h4-10,18,23,28H,3,11-17H2,1-2H3/t23-/m1/s1. The molecule has 0 aliphatic carbocycles. The predicted octanol–water partition coefficient (Wildman–Crippen LogP) is 4.93. The number of carbonyl (C=O) groups excluding carboxylic acids is 1. The molecule has 168 valence electrons. The average Bonchev–Trinajstić information content (AvgIpc) is 3.46. The maximum atomic E-state index is 13.4. The number of hydrogen-bond donors (Lipinski definition) is 1. The number of nitrogens with zero attached hydrogens (tertiary/aromatic N) is 1. The summed E-state index contributed by atoms with van der Waals surface area (Å²) in [7, 11) is 0. The van der Waals surface area contributed by atoms with Gasteiger partial charge in [0.15, 0.2) is 5.79 Å². The molecule has 1 spiro atoms. The van der Waals surface area contributed by atoms with Gasteiger partial charge in [0.05, 0.1) is 13.2 Å². The van der Waals surface area contributed by atoms with Crippen molar-refractivity contribution in [2.75, 3.05) is 26.3 Å². The summed E-state index contributed by atoms with van der Waals surface area (Å²) in [5.74, 6) is -0.246. The summed E-state index contributed by atoms with van der Waals surface area (Å²) in [4.78, 5) is 18.9. The number of amides is 1. The Kier molecular flexibility index (Phi) is 5.78. The molecule has 1 atom stereocenters. The minimum absolute atomic E-state index is 0.0128. The lowest BCUT2D eigenvalue weighted by atomic mass is 9.86. The Hall–Kier alpha value is -2.63. The Bertz CT molecular complexity index is 1090. The molecule has 0 bridgehead atoms. The largest absolute Gasteiger partial charge is 0.361 e. The van der Waals surface area contributed by atoms with Gasteiger partial charge in [-0.15, -0.1) is 0 Å². The number of fused-ring (bicyclic) bond motifs is 1. The third kappa shape index (κ3) is 3.96. The van der Waals surface area contributed by atoms with Crippen molar-refractivity contribution in [3.8, 4) is 0 Å². The first-order valence-electron chi connectivity index (χ1n) is 11.8. The van der Waals surface area contributed by atoms with Crippen LogP contribution in [0.15, 0.2) is 48.7 Å². The number of rotatable bonds is 5. The number of carbonyl (C=O) groups is 1. The van der Waals surface area contributed by atoms with E-state index >= 15 is 0 Å². The second-order valence-electron chi connectivity index (χ2n) is 9.09. The third-order valence-electron chi connectivity index (χ3n) is 7.14. The first-order chi connectivity index (χ1) is 15.6. The quantitative estimate of drug-likeness (QED) is 0.622. The lowest BCUT2D eigenvalue weighted by Crippen LogP contribution is -2.47. The zero-order valence-electron chi connectivity index (χ0n) is 19.0. The van der Waals surface area contributed by atoms with E-state index in [9.17, 15) is 4.79 Å². The topological polar surface area (TPSA) is 54.6 Å². The molecule has 1 aromatic heterocycles. The summed E-state index contributed by atoms with van der Waals surface area (Å²) in [6.07, 6.45) is 5.04. The van der Waals surface area contributed by atoms with Crippen LogP contribution in [0.5, 0.6) is 0 Å². The van der Waals surface area contributed by atoms with E-state index in [0.29, 0.717) is 32.7 Å². The SMILES string of the molecule is CCc1cccc2c([C@H](CC(=O)N3CCC4(CC3)OCCO4)c3ccc(C)cc3)c[nH]c12. The van der Waals surface area contributed by atoms with Gasteiger partial charge in [0, 0.05) is 55.4 Å². The molecule has 2 aromatic carbocycles. The Labute approximate surface area is 189 Å². The summed E-state index contributed by atoms with van der Waals surface area (Å²) >= 11 is 0. The van der Waals surface area contributed by atoms with Crippen molar-refractivity contribution in [3.63, 3.8) is 0 Å². The molecule has 1 N–H and O–H groups in total. The van der Waals surface area contributed by atoms with E-state index in [-0.39, 0.29) is 11.8 Å². The molecule has 2 saturated heterocycles. The van der Waals surface area contributed by atoms with Crippen LogP contribution in [-0.2, 0) is 20.7 Å². The van der Waals surface area contributed by atoms with Crippen molar-refractivity contribution in [1.82, 2.24) is 9.88 Å². The maximum absolute atomic E-state index is 13.4. The van der Waals surface area contributed by atoms with E-state index in [4.69, 9.17) is 9.47 Å². The van der Waals surface area contributed by atoms with Crippen LogP contribution >= 0.6 is 0 Å². The minimum atomic E-state index is -0.458. The van der Waals surface area contributed by atoms with Gasteiger partial charge in [-0.25, -0.2) is 0 Å². The van der Waals surface area contributed by atoms with Gasteiger partial charge in [0.1, 0.15) is 0 Å². The van der Waals surface area contributed by atoms with Crippen molar-refractivity contribution in [2.45, 2.75) is 51.2 Å². The average molecular weight is 433 g/mol. The van der Waals surface area contributed by atoms with Gasteiger partial charge in [-0.2, -0.15) is 0 Å². The number of aryl methyl sites for hydroxylation is 2. The highest BCUT2D eigenvalue weighted by atomic mass is 16.7. The Morgan fingerprint density at radius 1 is 1.09 bits per heavy atom.